The van der Waals surface area contributed by atoms with Crippen molar-refractivity contribution in [2.24, 2.45) is 5.73 Å². The molecule has 0 saturated heterocycles. The molecule has 0 unspecified atom stereocenters. The first-order chi connectivity index (χ1) is 8.82. The van der Waals surface area contributed by atoms with E-state index >= 15 is 0 Å². The number of nitrogens with two attached hydrogens (primary N) is 1. The second-order valence-corrected chi connectivity index (χ2v) is 4.88. The lowest BCUT2D eigenvalue weighted by Crippen LogP contribution is -2.27. The Hall–Kier alpha value is -0.940. The van der Waals surface area contributed by atoms with Crippen molar-refractivity contribution in [2.45, 2.75) is 0 Å². The van der Waals surface area contributed by atoms with Crippen molar-refractivity contribution in [1.29, 1.82) is 0 Å². The highest BCUT2D eigenvalue weighted by Crippen LogP contribution is 2.41. The van der Waals surface area contributed by atoms with E-state index in [0.717, 1.165) is 0 Å². The molecule has 0 bridgehead atoms. The van der Waals surface area contributed by atoms with Crippen molar-refractivity contribution in [2.75, 3.05) is 6.54 Å². The number of rotatable bonds is 4. The lowest BCUT2D eigenvalue weighted by Gasteiger charge is -2.13. The fraction of sp³-hybridized carbons (Fsp3) is 0.0909. The topological polar surface area (TPSA) is 72.2 Å². The van der Waals surface area contributed by atoms with Crippen LogP contribution in [-0.2, 0) is 0 Å². The standard InChI is InChI=1S/C11H8Cl4N2O2/c1-2-3-17-11(19)5-4(10(16)18)6(12)8(14)9(15)7(5)13/h2H,1,3H2,(H2,16,18)(H,17,19). The van der Waals surface area contributed by atoms with E-state index in [1.165, 1.54) is 6.08 Å². The number of nitrogens with one attached hydrogen (secondary N) is 1. The molecule has 0 fully saturated rings. The van der Waals surface area contributed by atoms with Crippen LogP contribution in [0.25, 0.3) is 0 Å². The number of primary amides is 1. The number of carbonyl (C=O) groups excluding carboxylic acids is 2. The molecule has 1 aromatic carbocycles. The molecule has 0 spiro atoms. The number of benzene rings is 1. The smallest absolute Gasteiger partial charge is 0.253 e. The summed E-state index contributed by atoms with van der Waals surface area (Å²) in [4.78, 5) is 23.4. The minimum atomic E-state index is -0.936. The molecule has 0 heterocycles. The fourth-order valence-electron chi connectivity index (χ4n) is 1.33. The third-order valence-corrected chi connectivity index (χ3v) is 3.95. The van der Waals surface area contributed by atoms with Crippen molar-refractivity contribution < 1.29 is 9.59 Å². The van der Waals surface area contributed by atoms with E-state index < -0.39 is 11.8 Å². The maximum absolute atomic E-state index is 12.0. The quantitative estimate of drug-likeness (QED) is 0.501. The Morgan fingerprint density at radius 1 is 1.05 bits per heavy atom. The van der Waals surface area contributed by atoms with E-state index in [4.69, 9.17) is 52.1 Å². The molecule has 102 valence electrons. The summed E-state index contributed by atoms with van der Waals surface area (Å²) < 4.78 is 0. The van der Waals surface area contributed by atoms with Gasteiger partial charge in [0.25, 0.3) is 11.8 Å². The molecule has 4 nitrogen and oxygen atoms in total. The SMILES string of the molecule is C=CCNC(=O)c1c(Cl)c(Cl)c(Cl)c(Cl)c1C(N)=O. The first-order valence-electron chi connectivity index (χ1n) is 4.87. The Balaban J connectivity index is 3.56. The van der Waals surface area contributed by atoms with Crippen molar-refractivity contribution >= 4 is 58.2 Å². The van der Waals surface area contributed by atoms with Gasteiger partial charge in [-0.1, -0.05) is 52.5 Å². The molecule has 0 saturated carbocycles. The zero-order valence-corrected chi connectivity index (χ0v) is 12.4. The van der Waals surface area contributed by atoms with Crippen LogP contribution in [0.2, 0.25) is 20.1 Å². The first-order valence-corrected chi connectivity index (χ1v) is 6.38. The monoisotopic (exact) mass is 340 g/mol. The van der Waals surface area contributed by atoms with Crippen molar-refractivity contribution in [3.63, 3.8) is 0 Å². The van der Waals surface area contributed by atoms with Crippen LogP contribution in [0.5, 0.6) is 0 Å². The molecule has 0 aliphatic rings. The van der Waals surface area contributed by atoms with Gasteiger partial charge < -0.3 is 11.1 Å². The highest BCUT2D eigenvalue weighted by molar-refractivity contribution is 6.54. The molecule has 0 aliphatic carbocycles. The highest BCUT2D eigenvalue weighted by Gasteiger charge is 2.27. The minimum absolute atomic E-state index is 0.123. The van der Waals surface area contributed by atoms with Gasteiger partial charge in [-0.2, -0.15) is 0 Å². The zero-order valence-electron chi connectivity index (χ0n) is 9.40. The van der Waals surface area contributed by atoms with E-state index in [-0.39, 0.29) is 37.8 Å². The maximum Gasteiger partial charge on any atom is 0.253 e. The Labute approximate surface area is 129 Å². The van der Waals surface area contributed by atoms with Crippen LogP contribution >= 0.6 is 46.4 Å². The third-order valence-electron chi connectivity index (χ3n) is 2.15. The van der Waals surface area contributed by atoms with Crippen molar-refractivity contribution in [3.8, 4) is 0 Å². The molecule has 3 N–H and O–H groups in total. The Morgan fingerprint density at radius 3 is 1.95 bits per heavy atom. The zero-order chi connectivity index (χ0) is 14.7. The van der Waals surface area contributed by atoms with Gasteiger partial charge in [-0.15, -0.1) is 6.58 Å². The molecular weight excluding hydrogens is 334 g/mol. The summed E-state index contributed by atoms with van der Waals surface area (Å²) in [6, 6.07) is 0. The average Bonchev–Trinajstić information content (AvgIpc) is 2.36. The van der Waals surface area contributed by atoms with E-state index in [0.29, 0.717) is 0 Å². The predicted molar refractivity (Wildman–Crippen MR) is 77.5 cm³/mol. The van der Waals surface area contributed by atoms with Crippen LogP contribution in [0.4, 0.5) is 0 Å². The van der Waals surface area contributed by atoms with Crippen LogP contribution < -0.4 is 11.1 Å². The molecule has 2 amide bonds. The van der Waals surface area contributed by atoms with Gasteiger partial charge in [0, 0.05) is 6.54 Å². The number of carbonyl (C=O) groups is 2. The number of hydrogen-bond donors (Lipinski definition) is 2. The van der Waals surface area contributed by atoms with E-state index in [1.54, 1.807) is 0 Å². The Bertz CT molecular complexity index is 573. The second kappa shape index (κ2) is 6.48. The Morgan fingerprint density at radius 2 is 1.53 bits per heavy atom. The van der Waals surface area contributed by atoms with Crippen molar-refractivity contribution in [1.82, 2.24) is 5.32 Å². The highest BCUT2D eigenvalue weighted by atomic mass is 35.5. The Kier molecular flexibility index (Phi) is 5.50. The van der Waals surface area contributed by atoms with Gasteiger partial charge in [-0.05, 0) is 0 Å². The molecule has 0 aliphatic heterocycles. The molecule has 8 heteroatoms. The third kappa shape index (κ3) is 3.15. The van der Waals surface area contributed by atoms with Gasteiger partial charge in [-0.3, -0.25) is 9.59 Å². The van der Waals surface area contributed by atoms with Crippen LogP contribution in [-0.4, -0.2) is 18.4 Å². The predicted octanol–water partition coefficient (Wildman–Crippen LogP) is 3.31. The summed E-state index contributed by atoms with van der Waals surface area (Å²) in [5.41, 5.74) is 4.70. The largest absolute Gasteiger partial charge is 0.366 e. The lowest BCUT2D eigenvalue weighted by atomic mass is 10.1. The summed E-state index contributed by atoms with van der Waals surface area (Å²) in [5, 5.41) is 1.79. The lowest BCUT2D eigenvalue weighted by molar-refractivity contribution is 0.0939. The van der Waals surface area contributed by atoms with Crippen LogP contribution in [0, 0.1) is 0 Å². The summed E-state index contributed by atoms with van der Waals surface area (Å²) in [5.74, 6) is -1.59. The first kappa shape index (κ1) is 16.1. The minimum Gasteiger partial charge on any atom is -0.366 e. The van der Waals surface area contributed by atoms with Gasteiger partial charge in [0.1, 0.15) is 0 Å². The molecule has 1 aromatic rings. The van der Waals surface area contributed by atoms with Gasteiger partial charge in [0.15, 0.2) is 0 Å². The summed E-state index contributed by atoms with van der Waals surface area (Å²) in [6.45, 7) is 3.61. The molecule has 19 heavy (non-hydrogen) atoms. The molecule has 0 aromatic heterocycles. The van der Waals surface area contributed by atoms with E-state index in [2.05, 4.69) is 11.9 Å². The normalized spacial score (nSPS) is 10.1. The van der Waals surface area contributed by atoms with Crippen LogP contribution in [0.1, 0.15) is 20.7 Å². The van der Waals surface area contributed by atoms with Crippen molar-refractivity contribution in [3.05, 3.63) is 43.9 Å². The number of amides is 2. The van der Waals surface area contributed by atoms with Gasteiger partial charge >= 0.3 is 0 Å². The fourth-order valence-corrected chi connectivity index (χ4v) is 2.36. The average molecular weight is 342 g/mol. The molecule has 0 atom stereocenters. The number of hydrogen-bond acceptors (Lipinski definition) is 2. The van der Waals surface area contributed by atoms with Crippen LogP contribution in [0.3, 0.4) is 0 Å². The molecular formula is C11H8Cl4N2O2. The maximum atomic E-state index is 12.0. The van der Waals surface area contributed by atoms with E-state index in [1.807, 2.05) is 0 Å². The molecule has 0 radical (unpaired) electrons. The van der Waals surface area contributed by atoms with Gasteiger partial charge in [-0.25, -0.2) is 0 Å². The van der Waals surface area contributed by atoms with Gasteiger partial charge in [0.2, 0.25) is 0 Å². The summed E-state index contributed by atoms with van der Waals surface area (Å²) >= 11 is 23.4. The molecule has 1 rings (SSSR count). The second-order valence-electron chi connectivity index (χ2n) is 3.37. The van der Waals surface area contributed by atoms with Gasteiger partial charge in [0.05, 0.1) is 31.2 Å². The van der Waals surface area contributed by atoms with Crippen LogP contribution in [0.15, 0.2) is 12.7 Å². The summed E-state index contributed by atoms with van der Waals surface area (Å²) in [6.07, 6.45) is 1.45. The summed E-state index contributed by atoms with van der Waals surface area (Å²) in [7, 11) is 0. The number of halogens is 4. The van der Waals surface area contributed by atoms with E-state index in [9.17, 15) is 9.59 Å².